The standard InChI is InChI=1S/C35H42O10/c1-5-18-43-44-20-7-6-19-40-32-13-15-33(16-14-32)41-26-42-34-17-12-31(25-27(34)2)35(45-36)30-10-8-29(9-11-30)28(3)39-24-23-38-22-21-37-4/h8-18,25,35-36H,1,3,6-7,19-24,26H2,2,4H3. The monoisotopic (exact) mass is 622 g/mol. The van der Waals surface area contributed by atoms with Crippen LogP contribution in [0.2, 0.25) is 0 Å². The SMILES string of the molecule is C=C=COOCCCCOc1ccc(OCOc2ccc(C(OO)c3ccc(C(=C)OCCOCCOC)cc3)cc2C)cc1. The van der Waals surface area contributed by atoms with E-state index in [0.29, 0.717) is 56.9 Å². The second-order valence-electron chi connectivity index (χ2n) is 9.68. The predicted octanol–water partition coefficient (Wildman–Crippen LogP) is 7.05. The van der Waals surface area contributed by atoms with Crippen LogP contribution in [0.25, 0.3) is 5.76 Å². The maximum atomic E-state index is 9.73. The van der Waals surface area contributed by atoms with Gasteiger partial charge in [-0.1, -0.05) is 49.2 Å². The summed E-state index contributed by atoms with van der Waals surface area (Å²) >= 11 is 0. The highest BCUT2D eigenvalue weighted by molar-refractivity contribution is 5.58. The van der Waals surface area contributed by atoms with Crippen LogP contribution in [0, 0.1) is 6.92 Å². The lowest BCUT2D eigenvalue weighted by Gasteiger charge is -2.17. The Hall–Kier alpha value is -4.28. The number of methoxy groups -OCH3 is 1. The van der Waals surface area contributed by atoms with Gasteiger partial charge in [-0.2, -0.15) is 4.89 Å². The molecule has 0 radical (unpaired) electrons. The van der Waals surface area contributed by atoms with Crippen LogP contribution < -0.4 is 14.2 Å². The molecule has 3 aromatic carbocycles. The van der Waals surface area contributed by atoms with E-state index < -0.39 is 6.10 Å². The average molecular weight is 623 g/mol. The number of aryl methyl sites for hydroxylation is 1. The molecule has 0 amide bonds. The fraction of sp³-hybridized carbons (Fsp3) is 0.343. The van der Waals surface area contributed by atoms with E-state index in [9.17, 15) is 5.26 Å². The first-order valence-corrected chi connectivity index (χ1v) is 14.6. The summed E-state index contributed by atoms with van der Waals surface area (Å²) in [6, 6.07) is 20.3. The summed E-state index contributed by atoms with van der Waals surface area (Å²) in [5, 5.41) is 9.73. The molecular formula is C35H42O10. The molecule has 1 N–H and O–H groups in total. The minimum Gasteiger partial charge on any atom is -0.494 e. The molecule has 3 rings (SSSR count). The van der Waals surface area contributed by atoms with Crippen molar-refractivity contribution in [1.82, 2.24) is 0 Å². The van der Waals surface area contributed by atoms with Crippen molar-refractivity contribution in [3.8, 4) is 17.2 Å². The van der Waals surface area contributed by atoms with Gasteiger partial charge in [0.2, 0.25) is 6.79 Å². The number of benzene rings is 3. The lowest BCUT2D eigenvalue weighted by Crippen LogP contribution is -2.08. The molecule has 0 saturated carbocycles. The normalized spacial score (nSPS) is 11.3. The van der Waals surface area contributed by atoms with E-state index in [4.69, 9.17) is 43.1 Å². The fourth-order valence-corrected chi connectivity index (χ4v) is 4.07. The Balaban J connectivity index is 1.42. The van der Waals surface area contributed by atoms with Gasteiger partial charge < -0.3 is 33.3 Å². The predicted molar refractivity (Wildman–Crippen MR) is 169 cm³/mol. The fourth-order valence-electron chi connectivity index (χ4n) is 4.07. The number of hydrogen-bond donors (Lipinski definition) is 1. The van der Waals surface area contributed by atoms with Crippen molar-refractivity contribution in [3.05, 3.63) is 114 Å². The maximum Gasteiger partial charge on any atom is 0.230 e. The minimum absolute atomic E-state index is 0.0239. The highest BCUT2D eigenvalue weighted by Gasteiger charge is 2.17. The third-order valence-electron chi connectivity index (χ3n) is 6.43. The first-order valence-electron chi connectivity index (χ1n) is 14.6. The summed E-state index contributed by atoms with van der Waals surface area (Å²) in [4.78, 5) is 14.5. The van der Waals surface area contributed by atoms with Crippen molar-refractivity contribution in [2.75, 3.05) is 53.5 Å². The molecule has 3 aromatic rings. The maximum absolute atomic E-state index is 9.73. The van der Waals surface area contributed by atoms with Crippen molar-refractivity contribution in [2.45, 2.75) is 25.9 Å². The zero-order valence-electron chi connectivity index (χ0n) is 25.9. The molecule has 0 aromatic heterocycles. The molecule has 10 heteroatoms. The van der Waals surface area contributed by atoms with E-state index in [1.165, 1.54) is 6.26 Å². The van der Waals surface area contributed by atoms with Crippen molar-refractivity contribution in [3.63, 3.8) is 0 Å². The summed E-state index contributed by atoms with van der Waals surface area (Å²) in [6.45, 7) is 12.2. The lowest BCUT2D eigenvalue weighted by molar-refractivity contribution is -0.270. The zero-order chi connectivity index (χ0) is 32.1. The van der Waals surface area contributed by atoms with E-state index in [-0.39, 0.29) is 6.79 Å². The molecule has 0 aliphatic rings. The van der Waals surface area contributed by atoms with E-state index in [1.807, 2.05) is 73.7 Å². The van der Waals surface area contributed by atoms with Gasteiger partial charge in [0.1, 0.15) is 35.7 Å². The van der Waals surface area contributed by atoms with E-state index >= 15 is 0 Å². The van der Waals surface area contributed by atoms with Crippen molar-refractivity contribution in [1.29, 1.82) is 0 Å². The summed E-state index contributed by atoms with van der Waals surface area (Å²) in [5.74, 6) is 2.58. The highest BCUT2D eigenvalue weighted by Crippen LogP contribution is 2.30. The van der Waals surface area contributed by atoms with Crippen LogP contribution in [0.4, 0.5) is 0 Å². The highest BCUT2D eigenvalue weighted by atomic mass is 17.2. The Kier molecular flexibility index (Phi) is 16.1. The number of rotatable bonds is 23. The van der Waals surface area contributed by atoms with Gasteiger partial charge in [-0.05, 0) is 72.9 Å². The van der Waals surface area contributed by atoms with Gasteiger partial charge in [-0.15, -0.1) is 0 Å². The lowest BCUT2D eigenvalue weighted by atomic mass is 9.98. The van der Waals surface area contributed by atoms with Crippen LogP contribution in [0.3, 0.4) is 0 Å². The zero-order valence-corrected chi connectivity index (χ0v) is 25.9. The molecule has 0 bridgehead atoms. The van der Waals surface area contributed by atoms with Crippen molar-refractivity contribution >= 4 is 5.76 Å². The van der Waals surface area contributed by atoms with Crippen LogP contribution >= 0.6 is 0 Å². The first kappa shape index (κ1) is 35.2. The first-order chi connectivity index (χ1) is 22.0. The quantitative estimate of drug-likeness (QED) is 0.0296. The molecule has 10 nitrogen and oxygen atoms in total. The second kappa shape index (κ2) is 20.6. The molecule has 0 fully saturated rings. The third kappa shape index (κ3) is 12.7. The van der Waals surface area contributed by atoms with E-state index in [2.05, 4.69) is 18.9 Å². The van der Waals surface area contributed by atoms with Gasteiger partial charge in [-0.3, -0.25) is 5.26 Å². The number of ether oxygens (including phenoxy) is 6. The topological polar surface area (TPSA) is 103 Å². The number of hydrogen-bond acceptors (Lipinski definition) is 10. The Bertz CT molecular complexity index is 1320. The van der Waals surface area contributed by atoms with Gasteiger partial charge in [-0.25, -0.2) is 4.89 Å². The molecular weight excluding hydrogens is 580 g/mol. The van der Waals surface area contributed by atoms with Crippen LogP contribution in [-0.2, 0) is 28.9 Å². The molecule has 1 atom stereocenters. The Labute approximate surface area is 264 Å². The smallest absolute Gasteiger partial charge is 0.230 e. The molecule has 242 valence electrons. The Morgan fingerprint density at radius 2 is 1.51 bits per heavy atom. The average Bonchev–Trinajstić information content (AvgIpc) is 3.06. The van der Waals surface area contributed by atoms with Gasteiger partial charge in [0.05, 0.1) is 33.0 Å². The molecule has 1 unspecified atom stereocenters. The largest absolute Gasteiger partial charge is 0.494 e. The summed E-state index contributed by atoms with van der Waals surface area (Å²) in [5.41, 5.74) is 5.67. The van der Waals surface area contributed by atoms with Crippen LogP contribution in [0.15, 0.2) is 91.9 Å². The van der Waals surface area contributed by atoms with E-state index in [1.54, 1.807) is 7.11 Å². The van der Waals surface area contributed by atoms with E-state index in [0.717, 1.165) is 40.8 Å². The van der Waals surface area contributed by atoms with Crippen LogP contribution in [0.5, 0.6) is 17.2 Å². The summed E-state index contributed by atoms with van der Waals surface area (Å²) in [7, 11) is 1.63. The minimum atomic E-state index is -0.686. The molecule has 45 heavy (non-hydrogen) atoms. The van der Waals surface area contributed by atoms with Gasteiger partial charge in [0.25, 0.3) is 0 Å². The summed E-state index contributed by atoms with van der Waals surface area (Å²) in [6.07, 6.45) is 2.19. The molecule has 0 heterocycles. The van der Waals surface area contributed by atoms with Gasteiger partial charge >= 0.3 is 0 Å². The van der Waals surface area contributed by atoms with Crippen molar-refractivity contribution in [2.24, 2.45) is 0 Å². The Morgan fingerprint density at radius 1 is 0.822 bits per heavy atom. The second-order valence-corrected chi connectivity index (χ2v) is 9.68. The van der Waals surface area contributed by atoms with Gasteiger partial charge in [0, 0.05) is 12.7 Å². The van der Waals surface area contributed by atoms with Gasteiger partial charge in [0.15, 0.2) is 6.26 Å². The van der Waals surface area contributed by atoms with Crippen molar-refractivity contribution < 1.29 is 48.3 Å². The molecule has 0 saturated heterocycles. The van der Waals surface area contributed by atoms with Crippen LogP contribution in [0.1, 0.15) is 41.2 Å². The molecule has 0 aliphatic heterocycles. The summed E-state index contributed by atoms with van der Waals surface area (Å²) < 4.78 is 33.3. The Morgan fingerprint density at radius 3 is 2.20 bits per heavy atom. The molecule has 0 spiro atoms. The van der Waals surface area contributed by atoms with Crippen LogP contribution in [-0.4, -0.2) is 58.8 Å². The number of unbranched alkanes of at least 4 members (excludes halogenated alkanes) is 1. The molecule has 0 aliphatic carbocycles. The third-order valence-corrected chi connectivity index (χ3v) is 6.43.